The zero-order valence-electron chi connectivity index (χ0n) is 16.7. The number of rotatable bonds is 8. The van der Waals surface area contributed by atoms with Crippen LogP contribution in [0.1, 0.15) is 31.7 Å². The van der Waals surface area contributed by atoms with Crippen molar-refractivity contribution in [1.82, 2.24) is 15.5 Å². The van der Waals surface area contributed by atoms with Crippen LogP contribution in [0.15, 0.2) is 29.3 Å². The lowest BCUT2D eigenvalue weighted by atomic mass is 9.93. The molecule has 0 radical (unpaired) electrons. The molecule has 2 N–H and O–H groups in total. The van der Waals surface area contributed by atoms with Crippen molar-refractivity contribution in [3.8, 4) is 0 Å². The number of aliphatic imine (C=N–C) groups is 1. The summed E-state index contributed by atoms with van der Waals surface area (Å²) in [7, 11) is 1.70. The number of carbonyl (C=O) groups is 1. The number of carbonyl (C=O) groups excluding carboxylic acids is 1. The van der Waals surface area contributed by atoms with Crippen molar-refractivity contribution in [2.45, 2.75) is 32.8 Å². The van der Waals surface area contributed by atoms with Crippen LogP contribution in [-0.4, -0.2) is 56.6 Å². The van der Waals surface area contributed by atoms with Gasteiger partial charge in [-0.2, -0.15) is 0 Å². The number of nitrogens with one attached hydrogen (secondary N) is 2. The first-order valence-electron chi connectivity index (χ1n) is 9.68. The molecule has 0 saturated carbocycles. The van der Waals surface area contributed by atoms with E-state index in [1.165, 1.54) is 0 Å². The number of hydrogen-bond acceptors (Lipinski definition) is 3. The highest BCUT2D eigenvalue weighted by atomic mass is 127. The lowest BCUT2D eigenvalue weighted by Gasteiger charge is -2.34. The van der Waals surface area contributed by atoms with E-state index in [4.69, 9.17) is 21.3 Å². The first-order valence-corrected chi connectivity index (χ1v) is 10.1. The van der Waals surface area contributed by atoms with Crippen molar-refractivity contribution in [2.24, 2.45) is 10.9 Å². The summed E-state index contributed by atoms with van der Waals surface area (Å²) in [5.41, 5.74) is 1.11. The van der Waals surface area contributed by atoms with Gasteiger partial charge in [-0.3, -0.25) is 9.79 Å². The molecule has 8 heteroatoms. The fourth-order valence-corrected chi connectivity index (χ4v) is 3.25. The van der Waals surface area contributed by atoms with E-state index >= 15 is 0 Å². The van der Waals surface area contributed by atoms with Crippen LogP contribution in [0, 0.1) is 5.92 Å². The van der Waals surface area contributed by atoms with Crippen LogP contribution in [0.5, 0.6) is 0 Å². The van der Waals surface area contributed by atoms with Crippen LogP contribution in [0.4, 0.5) is 0 Å². The van der Waals surface area contributed by atoms with Crippen LogP contribution in [0.25, 0.3) is 0 Å². The number of hydrogen-bond donors (Lipinski definition) is 2. The van der Waals surface area contributed by atoms with Crippen LogP contribution < -0.4 is 10.6 Å². The van der Waals surface area contributed by atoms with Crippen molar-refractivity contribution in [3.63, 3.8) is 0 Å². The minimum atomic E-state index is 0. The van der Waals surface area contributed by atoms with E-state index in [-0.39, 0.29) is 29.9 Å². The molecule has 0 bridgehead atoms. The standard InChI is InChI=1S/C20H31ClN4O2.HI/c1-3-23-20(25-11-8-16(9-12-25)14-19(26)22-2)24-10-13-27-15-17-4-6-18(21)7-5-17;/h4-7,16H,3,8-15H2,1-2H3,(H,22,26)(H,23,24);1H. The minimum absolute atomic E-state index is 0. The molecule has 1 aromatic carbocycles. The second kappa shape index (κ2) is 14.0. The maximum atomic E-state index is 11.5. The molecule has 0 aromatic heterocycles. The number of ether oxygens (including phenoxy) is 1. The second-order valence-corrected chi connectivity index (χ2v) is 7.16. The minimum Gasteiger partial charge on any atom is -0.375 e. The van der Waals surface area contributed by atoms with E-state index in [1.54, 1.807) is 7.05 Å². The number of benzene rings is 1. The summed E-state index contributed by atoms with van der Waals surface area (Å²) in [5, 5.41) is 6.81. The van der Waals surface area contributed by atoms with E-state index in [1.807, 2.05) is 24.3 Å². The normalized spacial score (nSPS) is 15.1. The van der Waals surface area contributed by atoms with Crippen molar-refractivity contribution < 1.29 is 9.53 Å². The number of nitrogens with zero attached hydrogens (tertiary/aromatic N) is 2. The highest BCUT2D eigenvalue weighted by molar-refractivity contribution is 14.0. The summed E-state index contributed by atoms with van der Waals surface area (Å²) in [6.07, 6.45) is 2.66. The SMILES string of the molecule is CCNC(=NCCOCc1ccc(Cl)cc1)N1CCC(CC(=O)NC)CC1.I. The third-order valence-electron chi connectivity index (χ3n) is 4.68. The molecule has 158 valence electrons. The summed E-state index contributed by atoms with van der Waals surface area (Å²) in [4.78, 5) is 18.5. The van der Waals surface area contributed by atoms with Gasteiger partial charge in [0.1, 0.15) is 0 Å². The molecule has 0 spiro atoms. The first-order chi connectivity index (χ1) is 13.1. The van der Waals surface area contributed by atoms with Crippen molar-refractivity contribution >= 4 is 47.4 Å². The Morgan fingerprint density at radius 3 is 2.57 bits per heavy atom. The molecule has 28 heavy (non-hydrogen) atoms. The average Bonchev–Trinajstić information content (AvgIpc) is 2.69. The molecule has 1 amide bonds. The topological polar surface area (TPSA) is 66.0 Å². The Morgan fingerprint density at radius 1 is 1.29 bits per heavy atom. The highest BCUT2D eigenvalue weighted by Gasteiger charge is 2.22. The zero-order valence-corrected chi connectivity index (χ0v) is 19.8. The third-order valence-corrected chi connectivity index (χ3v) is 4.93. The summed E-state index contributed by atoms with van der Waals surface area (Å²) >= 11 is 5.88. The molecule has 1 heterocycles. The van der Waals surface area contributed by atoms with Gasteiger partial charge < -0.3 is 20.3 Å². The van der Waals surface area contributed by atoms with Gasteiger partial charge in [0, 0.05) is 38.1 Å². The number of likely N-dealkylation sites (tertiary alicyclic amines) is 1. The van der Waals surface area contributed by atoms with E-state index in [0.717, 1.165) is 49.0 Å². The molecule has 0 atom stereocenters. The predicted molar refractivity (Wildman–Crippen MR) is 125 cm³/mol. The summed E-state index contributed by atoms with van der Waals surface area (Å²) in [5.74, 6) is 1.53. The van der Waals surface area contributed by atoms with Gasteiger partial charge in [0.2, 0.25) is 5.91 Å². The van der Waals surface area contributed by atoms with Crippen LogP contribution >= 0.6 is 35.6 Å². The van der Waals surface area contributed by atoms with Gasteiger partial charge in [-0.05, 0) is 43.4 Å². The third kappa shape index (κ3) is 8.96. The van der Waals surface area contributed by atoms with Gasteiger partial charge in [-0.25, -0.2) is 0 Å². The van der Waals surface area contributed by atoms with E-state index in [9.17, 15) is 4.79 Å². The second-order valence-electron chi connectivity index (χ2n) is 6.72. The molecule has 6 nitrogen and oxygen atoms in total. The van der Waals surface area contributed by atoms with Crippen molar-refractivity contribution in [1.29, 1.82) is 0 Å². The zero-order chi connectivity index (χ0) is 19.5. The maximum Gasteiger partial charge on any atom is 0.220 e. The van der Waals surface area contributed by atoms with Crippen LogP contribution in [0.2, 0.25) is 5.02 Å². The predicted octanol–water partition coefficient (Wildman–Crippen LogP) is 3.29. The summed E-state index contributed by atoms with van der Waals surface area (Å²) in [6.45, 7) is 6.53. The molecular weight excluding hydrogens is 491 g/mol. The molecule has 1 fully saturated rings. The monoisotopic (exact) mass is 522 g/mol. The Hall–Kier alpha value is -1.06. The van der Waals surface area contributed by atoms with E-state index < -0.39 is 0 Å². The van der Waals surface area contributed by atoms with E-state index in [2.05, 4.69) is 22.5 Å². The molecule has 2 rings (SSSR count). The van der Waals surface area contributed by atoms with Crippen molar-refractivity contribution in [3.05, 3.63) is 34.9 Å². The fourth-order valence-electron chi connectivity index (χ4n) is 3.13. The maximum absolute atomic E-state index is 11.5. The Kier molecular flexibility index (Phi) is 12.5. The van der Waals surface area contributed by atoms with Gasteiger partial charge >= 0.3 is 0 Å². The van der Waals surface area contributed by atoms with E-state index in [0.29, 0.717) is 32.1 Å². The molecule has 0 unspecified atom stereocenters. The summed E-state index contributed by atoms with van der Waals surface area (Å²) < 4.78 is 5.71. The molecule has 1 aromatic rings. The van der Waals surface area contributed by atoms with Gasteiger partial charge in [-0.15, -0.1) is 24.0 Å². The number of halogens is 2. The molecule has 1 saturated heterocycles. The highest BCUT2D eigenvalue weighted by Crippen LogP contribution is 2.20. The number of guanidine groups is 1. The van der Waals surface area contributed by atoms with Gasteiger partial charge in [0.15, 0.2) is 5.96 Å². The quantitative estimate of drug-likeness (QED) is 0.238. The van der Waals surface area contributed by atoms with Crippen LogP contribution in [-0.2, 0) is 16.1 Å². The Bertz CT molecular complexity index is 605. The number of amides is 1. The van der Waals surface area contributed by atoms with Gasteiger partial charge in [-0.1, -0.05) is 23.7 Å². The molecule has 1 aliphatic rings. The summed E-state index contributed by atoms with van der Waals surface area (Å²) in [6, 6.07) is 7.68. The molecule has 0 aliphatic carbocycles. The number of piperidine rings is 1. The Labute approximate surface area is 190 Å². The fraction of sp³-hybridized carbons (Fsp3) is 0.600. The Morgan fingerprint density at radius 2 is 1.96 bits per heavy atom. The van der Waals surface area contributed by atoms with Crippen molar-refractivity contribution in [2.75, 3.05) is 39.8 Å². The largest absolute Gasteiger partial charge is 0.375 e. The van der Waals surface area contributed by atoms with Crippen LogP contribution in [0.3, 0.4) is 0 Å². The van der Waals surface area contributed by atoms with Gasteiger partial charge in [0.05, 0.1) is 19.8 Å². The smallest absolute Gasteiger partial charge is 0.220 e. The molecular formula is C20H32ClIN4O2. The first kappa shape index (κ1) is 25.0. The Balaban J connectivity index is 0.00000392. The lowest BCUT2D eigenvalue weighted by molar-refractivity contribution is -0.121. The molecule has 1 aliphatic heterocycles. The van der Waals surface area contributed by atoms with Gasteiger partial charge in [0.25, 0.3) is 0 Å². The average molecular weight is 523 g/mol. The lowest BCUT2D eigenvalue weighted by Crippen LogP contribution is -2.46.